The molecule has 0 saturated heterocycles. The van der Waals surface area contributed by atoms with Crippen molar-refractivity contribution in [1.82, 2.24) is 5.32 Å². The topological polar surface area (TPSA) is 66.5 Å². The summed E-state index contributed by atoms with van der Waals surface area (Å²) in [7, 11) is -3.86. The van der Waals surface area contributed by atoms with E-state index < -0.39 is 10.0 Å². The molecule has 5 nitrogen and oxygen atoms in total. The molecule has 2 aromatic rings. The van der Waals surface area contributed by atoms with Crippen molar-refractivity contribution in [3.05, 3.63) is 59.7 Å². The highest BCUT2D eigenvalue weighted by Gasteiger charge is 2.27. The maximum absolute atomic E-state index is 13.3. The third kappa shape index (κ3) is 6.59. The number of nitrogens with zero attached hydrogens (tertiary/aromatic N) is 1. The van der Waals surface area contributed by atoms with Crippen LogP contribution in [0.3, 0.4) is 0 Å². The molecule has 1 atom stereocenters. The van der Waals surface area contributed by atoms with Crippen LogP contribution in [0, 0.1) is 19.8 Å². The largest absolute Gasteiger partial charge is 0.354 e. The zero-order valence-electron chi connectivity index (χ0n) is 18.5. The van der Waals surface area contributed by atoms with Crippen LogP contribution in [0.2, 0.25) is 0 Å². The third-order valence-electron chi connectivity index (χ3n) is 5.35. The lowest BCUT2D eigenvalue weighted by atomic mass is 9.99. The summed E-state index contributed by atoms with van der Waals surface area (Å²) >= 11 is 0. The summed E-state index contributed by atoms with van der Waals surface area (Å²) in [5.41, 5.74) is 2.48. The molecule has 1 amide bonds. The van der Waals surface area contributed by atoms with Gasteiger partial charge >= 0.3 is 0 Å². The first-order valence-electron chi connectivity index (χ1n) is 10.7. The highest BCUT2D eigenvalue weighted by Crippen LogP contribution is 2.24. The summed E-state index contributed by atoms with van der Waals surface area (Å²) in [4.78, 5) is 12.9. The summed E-state index contributed by atoms with van der Waals surface area (Å²) in [5, 5.41) is 2.94. The molecule has 1 N–H and O–H groups in total. The molecule has 0 heterocycles. The SMILES string of the molecule is CCCCC(CC)CNC(=O)CN(c1ccc(C)cc1)S(=O)(=O)c1ccc(C)cc1. The van der Waals surface area contributed by atoms with E-state index in [0.29, 0.717) is 18.2 Å². The molecule has 2 aromatic carbocycles. The van der Waals surface area contributed by atoms with Gasteiger partial charge in [-0.3, -0.25) is 9.10 Å². The van der Waals surface area contributed by atoms with E-state index in [1.54, 1.807) is 36.4 Å². The van der Waals surface area contributed by atoms with Crippen LogP contribution in [0.1, 0.15) is 50.7 Å². The Bertz CT molecular complexity index is 906. The molecule has 0 fully saturated rings. The lowest BCUT2D eigenvalue weighted by Gasteiger charge is -2.25. The highest BCUT2D eigenvalue weighted by atomic mass is 32.2. The second-order valence-corrected chi connectivity index (χ2v) is 9.74. The van der Waals surface area contributed by atoms with Crippen molar-refractivity contribution in [2.75, 3.05) is 17.4 Å². The van der Waals surface area contributed by atoms with Gasteiger partial charge < -0.3 is 5.32 Å². The van der Waals surface area contributed by atoms with Gasteiger partial charge in [0.15, 0.2) is 0 Å². The molecule has 164 valence electrons. The Morgan fingerprint density at radius 3 is 2.07 bits per heavy atom. The van der Waals surface area contributed by atoms with Gasteiger partial charge in [-0.15, -0.1) is 0 Å². The van der Waals surface area contributed by atoms with Crippen molar-refractivity contribution in [3.8, 4) is 0 Å². The lowest BCUT2D eigenvalue weighted by Crippen LogP contribution is -2.42. The van der Waals surface area contributed by atoms with Crippen LogP contribution in [-0.4, -0.2) is 27.4 Å². The highest BCUT2D eigenvalue weighted by molar-refractivity contribution is 7.92. The van der Waals surface area contributed by atoms with Crippen LogP contribution in [0.25, 0.3) is 0 Å². The minimum absolute atomic E-state index is 0.177. The Morgan fingerprint density at radius 1 is 0.967 bits per heavy atom. The summed E-state index contributed by atoms with van der Waals surface area (Å²) in [6.07, 6.45) is 4.31. The van der Waals surface area contributed by atoms with E-state index in [4.69, 9.17) is 0 Å². The van der Waals surface area contributed by atoms with Crippen molar-refractivity contribution in [1.29, 1.82) is 0 Å². The average molecular weight is 431 g/mol. The fraction of sp³-hybridized carbons (Fsp3) is 0.458. The number of sulfonamides is 1. The Morgan fingerprint density at radius 2 is 1.53 bits per heavy atom. The van der Waals surface area contributed by atoms with Gasteiger partial charge in [0.05, 0.1) is 10.6 Å². The van der Waals surface area contributed by atoms with Crippen LogP contribution in [-0.2, 0) is 14.8 Å². The Kier molecular flexibility index (Phi) is 8.90. The molecular weight excluding hydrogens is 396 g/mol. The van der Waals surface area contributed by atoms with Crippen molar-refractivity contribution >= 4 is 21.6 Å². The van der Waals surface area contributed by atoms with Gasteiger partial charge in [-0.2, -0.15) is 0 Å². The number of carbonyl (C=O) groups excluding carboxylic acids is 1. The number of aryl methyl sites for hydroxylation is 2. The van der Waals surface area contributed by atoms with Gasteiger partial charge in [-0.25, -0.2) is 8.42 Å². The van der Waals surface area contributed by atoms with Crippen LogP contribution >= 0.6 is 0 Å². The first-order chi connectivity index (χ1) is 14.3. The summed E-state index contributed by atoms with van der Waals surface area (Å²) in [5.74, 6) is 0.122. The number of anilines is 1. The summed E-state index contributed by atoms with van der Waals surface area (Å²) in [6, 6.07) is 13.9. The smallest absolute Gasteiger partial charge is 0.264 e. The number of hydrogen-bond acceptors (Lipinski definition) is 3. The fourth-order valence-corrected chi connectivity index (χ4v) is 4.67. The van der Waals surface area contributed by atoms with Crippen molar-refractivity contribution in [3.63, 3.8) is 0 Å². The Hall–Kier alpha value is -2.34. The van der Waals surface area contributed by atoms with Gasteiger partial charge in [-0.05, 0) is 50.5 Å². The van der Waals surface area contributed by atoms with Gasteiger partial charge in [0.25, 0.3) is 10.0 Å². The number of unbranched alkanes of at least 4 members (excludes halogenated alkanes) is 1. The van der Waals surface area contributed by atoms with Crippen LogP contribution in [0.4, 0.5) is 5.69 Å². The number of amides is 1. The summed E-state index contributed by atoms with van der Waals surface area (Å²) < 4.78 is 27.9. The number of rotatable bonds is 11. The molecule has 0 aliphatic carbocycles. The molecule has 0 spiro atoms. The van der Waals surface area contributed by atoms with Gasteiger partial charge in [-0.1, -0.05) is 68.5 Å². The minimum Gasteiger partial charge on any atom is -0.354 e. The van der Waals surface area contributed by atoms with Crippen molar-refractivity contribution in [2.24, 2.45) is 5.92 Å². The Balaban J connectivity index is 2.23. The van der Waals surface area contributed by atoms with E-state index in [2.05, 4.69) is 19.2 Å². The fourth-order valence-electron chi connectivity index (χ4n) is 3.25. The molecule has 0 bridgehead atoms. The molecule has 0 saturated carbocycles. The summed E-state index contributed by atoms with van der Waals surface area (Å²) in [6.45, 7) is 8.44. The standard InChI is InChI=1S/C24H34N2O3S/c1-5-7-8-21(6-2)17-25-24(27)18-26(22-13-9-19(3)10-14-22)30(28,29)23-15-11-20(4)12-16-23/h9-16,21H,5-8,17-18H2,1-4H3,(H,25,27). The molecule has 2 rings (SSSR count). The first-order valence-corrected chi connectivity index (χ1v) is 12.1. The van der Waals surface area contributed by atoms with Crippen molar-refractivity contribution < 1.29 is 13.2 Å². The monoisotopic (exact) mass is 430 g/mol. The maximum Gasteiger partial charge on any atom is 0.264 e. The minimum atomic E-state index is -3.86. The molecule has 30 heavy (non-hydrogen) atoms. The zero-order valence-corrected chi connectivity index (χ0v) is 19.3. The van der Waals surface area contributed by atoms with E-state index in [1.165, 1.54) is 4.31 Å². The van der Waals surface area contributed by atoms with Gasteiger partial charge in [0, 0.05) is 6.54 Å². The second kappa shape index (κ2) is 11.2. The zero-order chi connectivity index (χ0) is 22.1. The predicted octanol–water partition coefficient (Wildman–Crippen LogP) is 4.83. The van der Waals surface area contributed by atoms with E-state index in [0.717, 1.165) is 36.8 Å². The molecular formula is C24H34N2O3S. The van der Waals surface area contributed by atoms with Gasteiger partial charge in [0.1, 0.15) is 6.54 Å². The van der Waals surface area contributed by atoms with E-state index in [9.17, 15) is 13.2 Å². The number of carbonyl (C=O) groups is 1. The number of nitrogens with one attached hydrogen (secondary N) is 1. The second-order valence-electron chi connectivity index (χ2n) is 7.88. The van der Waals surface area contributed by atoms with E-state index in [-0.39, 0.29) is 17.3 Å². The third-order valence-corrected chi connectivity index (χ3v) is 7.14. The molecule has 1 unspecified atom stereocenters. The van der Waals surface area contributed by atoms with Crippen LogP contribution in [0.5, 0.6) is 0 Å². The number of hydrogen-bond donors (Lipinski definition) is 1. The Labute approximate surface area is 181 Å². The van der Waals surface area contributed by atoms with Crippen molar-refractivity contribution in [2.45, 2.75) is 58.3 Å². The van der Waals surface area contributed by atoms with E-state index >= 15 is 0 Å². The van der Waals surface area contributed by atoms with Crippen LogP contribution < -0.4 is 9.62 Å². The normalized spacial score (nSPS) is 12.4. The predicted molar refractivity (Wildman–Crippen MR) is 123 cm³/mol. The first kappa shape index (κ1) is 23.9. The molecule has 6 heteroatoms. The molecule has 0 aliphatic heterocycles. The van der Waals surface area contributed by atoms with Gasteiger partial charge in [0.2, 0.25) is 5.91 Å². The molecule has 0 aromatic heterocycles. The quantitative estimate of drug-likeness (QED) is 0.555. The molecule has 0 aliphatic rings. The number of benzene rings is 2. The maximum atomic E-state index is 13.3. The molecule has 0 radical (unpaired) electrons. The average Bonchev–Trinajstić information content (AvgIpc) is 2.73. The van der Waals surface area contributed by atoms with Crippen LogP contribution in [0.15, 0.2) is 53.4 Å². The van der Waals surface area contributed by atoms with E-state index in [1.807, 2.05) is 26.0 Å². The lowest BCUT2D eigenvalue weighted by molar-refractivity contribution is -0.119.